The van der Waals surface area contributed by atoms with Crippen LogP contribution >= 0.6 is 11.8 Å². The molecule has 0 aliphatic carbocycles. The molecule has 1 atom stereocenters. The molecule has 1 fully saturated rings. The van der Waals surface area contributed by atoms with Gasteiger partial charge in [-0.15, -0.1) is 0 Å². The summed E-state index contributed by atoms with van der Waals surface area (Å²) >= 11 is 1.46. The molecule has 3 aliphatic heterocycles. The summed E-state index contributed by atoms with van der Waals surface area (Å²) < 4.78 is 16.6. The molecule has 5 rings (SSSR count). The Bertz CT molecular complexity index is 1270. The van der Waals surface area contributed by atoms with Gasteiger partial charge < -0.3 is 24.0 Å². The van der Waals surface area contributed by atoms with Gasteiger partial charge in [0, 0.05) is 18.8 Å². The van der Waals surface area contributed by atoms with E-state index in [1.54, 1.807) is 0 Å². The van der Waals surface area contributed by atoms with E-state index < -0.39 is 12.0 Å². The summed E-state index contributed by atoms with van der Waals surface area (Å²) in [5.74, 6) is 0.270. The highest BCUT2D eigenvalue weighted by atomic mass is 32.2. The number of allylic oxidation sites excluding steroid dienone is 1. The van der Waals surface area contributed by atoms with Crippen molar-refractivity contribution >= 4 is 28.8 Å². The van der Waals surface area contributed by atoms with Crippen LogP contribution in [0, 0.1) is 0 Å². The lowest BCUT2D eigenvalue weighted by Gasteiger charge is -2.37. The van der Waals surface area contributed by atoms with Gasteiger partial charge >= 0.3 is 5.97 Å². The van der Waals surface area contributed by atoms with Gasteiger partial charge in [-0.25, -0.2) is 9.79 Å². The molecule has 1 amide bonds. The van der Waals surface area contributed by atoms with E-state index in [0.29, 0.717) is 49.9 Å². The normalized spacial score (nSPS) is 19.2. The minimum Gasteiger partial charge on any atom is -0.489 e. The van der Waals surface area contributed by atoms with Gasteiger partial charge in [0.15, 0.2) is 5.17 Å². The number of hydrogen-bond donors (Lipinski definition) is 0. The zero-order valence-electron chi connectivity index (χ0n) is 20.9. The van der Waals surface area contributed by atoms with E-state index in [9.17, 15) is 9.59 Å². The van der Waals surface area contributed by atoms with Crippen LogP contribution in [0.2, 0.25) is 0 Å². The van der Waals surface area contributed by atoms with Crippen LogP contribution in [0.1, 0.15) is 30.5 Å². The SMILES string of the molecule is COC(=O)C1=C(C)N=C2SC=C(CC(=O)N3CCOCC3)N2C1c1cccc(OCc2ccccc2)c1. The first-order valence-electron chi connectivity index (χ1n) is 12.2. The third-order valence-electron chi connectivity index (χ3n) is 6.52. The second kappa shape index (κ2) is 11.2. The van der Waals surface area contributed by atoms with Crippen LogP contribution in [-0.2, 0) is 25.7 Å². The number of ether oxygens (including phenoxy) is 3. The minimum atomic E-state index is -0.501. The number of amides is 1. The summed E-state index contributed by atoms with van der Waals surface area (Å²) in [6.07, 6.45) is 0.209. The highest BCUT2D eigenvalue weighted by Gasteiger charge is 2.41. The molecular formula is C28H29N3O5S. The zero-order valence-corrected chi connectivity index (χ0v) is 21.7. The Morgan fingerprint density at radius 1 is 1.11 bits per heavy atom. The van der Waals surface area contributed by atoms with Gasteiger partial charge in [0.2, 0.25) is 5.91 Å². The highest BCUT2D eigenvalue weighted by molar-refractivity contribution is 8.16. The summed E-state index contributed by atoms with van der Waals surface area (Å²) in [5.41, 5.74) is 3.76. The fraction of sp³-hybridized carbons (Fsp3) is 0.321. The van der Waals surface area contributed by atoms with Gasteiger partial charge in [0.05, 0.1) is 44.1 Å². The number of morpholine rings is 1. The van der Waals surface area contributed by atoms with Crippen LogP contribution in [0.5, 0.6) is 5.75 Å². The molecule has 192 valence electrons. The van der Waals surface area contributed by atoms with Gasteiger partial charge in [-0.05, 0) is 35.6 Å². The molecule has 0 spiro atoms. The summed E-state index contributed by atoms with van der Waals surface area (Å²) in [6, 6.07) is 17.2. The van der Waals surface area contributed by atoms with Crippen molar-refractivity contribution in [2.75, 3.05) is 33.4 Å². The number of carbonyl (C=O) groups excluding carboxylic acids is 2. The molecule has 2 aromatic carbocycles. The Morgan fingerprint density at radius 2 is 1.89 bits per heavy atom. The maximum atomic E-state index is 13.1. The number of thioether (sulfide) groups is 1. The molecule has 37 heavy (non-hydrogen) atoms. The predicted molar refractivity (Wildman–Crippen MR) is 142 cm³/mol. The van der Waals surface area contributed by atoms with Crippen LogP contribution in [0.15, 0.2) is 82.0 Å². The molecule has 8 nitrogen and oxygen atoms in total. The molecule has 0 saturated carbocycles. The Labute approximate surface area is 220 Å². The van der Waals surface area contributed by atoms with Crippen molar-refractivity contribution in [3.63, 3.8) is 0 Å². The van der Waals surface area contributed by atoms with Crippen molar-refractivity contribution in [1.29, 1.82) is 0 Å². The summed E-state index contributed by atoms with van der Waals surface area (Å²) in [6.45, 7) is 4.50. The van der Waals surface area contributed by atoms with Crippen molar-refractivity contribution in [3.8, 4) is 5.75 Å². The van der Waals surface area contributed by atoms with Gasteiger partial charge in [0.25, 0.3) is 0 Å². The molecule has 2 aromatic rings. The monoisotopic (exact) mass is 519 g/mol. The Kier molecular flexibility index (Phi) is 7.62. The van der Waals surface area contributed by atoms with Crippen molar-refractivity contribution in [2.45, 2.75) is 26.0 Å². The largest absolute Gasteiger partial charge is 0.489 e. The average molecular weight is 520 g/mol. The standard InChI is InChI=1S/C28H29N3O5S/c1-19-25(27(33)34-2)26(21-9-6-10-23(15-21)36-17-20-7-4-3-5-8-20)31-22(18-37-28(31)29-19)16-24(32)30-11-13-35-14-12-30/h3-10,15,18,26H,11-14,16-17H2,1-2H3. The van der Waals surface area contributed by atoms with Crippen molar-refractivity contribution in [3.05, 3.63) is 88.1 Å². The first-order chi connectivity index (χ1) is 18.0. The molecule has 0 N–H and O–H groups in total. The van der Waals surface area contributed by atoms with Gasteiger partial charge in [-0.2, -0.15) is 0 Å². The number of nitrogens with zero attached hydrogens (tertiary/aromatic N) is 3. The number of esters is 1. The molecule has 1 unspecified atom stereocenters. The molecule has 0 radical (unpaired) electrons. The number of aliphatic imine (C=N–C) groups is 1. The number of benzene rings is 2. The molecule has 3 heterocycles. The maximum absolute atomic E-state index is 13.1. The second-order valence-corrected chi connectivity index (χ2v) is 9.74. The second-order valence-electron chi connectivity index (χ2n) is 8.90. The number of hydrogen-bond acceptors (Lipinski definition) is 8. The van der Waals surface area contributed by atoms with Gasteiger partial charge in [0.1, 0.15) is 12.4 Å². The summed E-state index contributed by atoms with van der Waals surface area (Å²) in [4.78, 5) is 34.6. The molecule has 1 saturated heterocycles. The van der Waals surface area contributed by atoms with E-state index in [4.69, 9.17) is 19.2 Å². The fourth-order valence-electron chi connectivity index (χ4n) is 4.65. The van der Waals surface area contributed by atoms with Crippen LogP contribution in [0.3, 0.4) is 0 Å². The molecule has 3 aliphatic rings. The van der Waals surface area contributed by atoms with Crippen LogP contribution in [0.4, 0.5) is 0 Å². The number of fused-ring (bicyclic) bond motifs is 1. The minimum absolute atomic E-state index is 0.0287. The van der Waals surface area contributed by atoms with E-state index in [1.165, 1.54) is 18.9 Å². The lowest BCUT2D eigenvalue weighted by Crippen LogP contribution is -2.42. The van der Waals surface area contributed by atoms with Crippen LogP contribution < -0.4 is 4.74 Å². The third-order valence-corrected chi connectivity index (χ3v) is 7.41. The van der Waals surface area contributed by atoms with Crippen molar-refractivity contribution in [1.82, 2.24) is 9.80 Å². The van der Waals surface area contributed by atoms with Crippen molar-refractivity contribution < 1.29 is 23.8 Å². The van der Waals surface area contributed by atoms with E-state index in [0.717, 1.165) is 22.0 Å². The predicted octanol–water partition coefficient (Wildman–Crippen LogP) is 4.26. The summed E-state index contributed by atoms with van der Waals surface area (Å²) in [5, 5.41) is 2.68. The average Bonchev–Trinajstić information content (AvgIpc) is 3.33. The lowest BCUT2D eigenvalue weighted by atomic mass is 9.93. The van der Waals surface area contributed by atoms with Crippen molar-refractivity contribution in [2.24, 2.45) is 4.99 Å². The quantitative estimate of drug-likeness (QED) is 0.506. The molecule has 0 aromatic heterocycles. The van der Waals surface area contributed by atoms with E-state index in [1.807, 2.05) is 76.7 Å². The summed E-state index contributed by atoms with van der Waals surface area (Å²) in [7, 11) is 1.37. The molecular weight excluding hydrogens is 490 g/mol. The first-order valence-corrected chi connectivity index (χ1v) is 13.1. The van der Waals surface area contributed by atoms with Crippen LogP contribution in [0.25, 0.3) is 0 Å². The van der Waals surface area contributed by atoms with Gasteiger partial charge in [-0.3, -0.25) is 4.79 Å². The number of carbonyl (C=O) groups is 2. The van der Waals surface area contributed by atoms with E-state index >= 15 is 0 Å². The topological polar surface area (TPSA) is 80.7 Å². The Hall–Kier alpha value is -3.56. The van der Waals surface area contributed by atoms with E-state index in [-0.39, 0.29) is 12.3 Å². The van der Waals surface area contributed by atoms with Crippen LogP contribution in [-0.4, -0.2) is 60.3 Å². The lowest BCUT2D eigenvalue weighted by molar-refractivity contribution is -0.136. The Balaban J connectivity index is 1.45. The molecule has 9 heteroatoms. The maximum Gasteiger partial charge on any atom is 0.338 e. The van der Waals surface area contributed by atoms with Gasteiger partial charge in [-0.1, -0.05) is 54.2 Å². The highest BCUT2D eigenvalue weighted by Crippen LogP contribution is 2.45. The zero-order chi connectivity index (χ0) is 25.8. The third kappa shape index (κ3) is 5.42. The number of rotatable bonds is 7. The smallest absolute Gasteiger partial charge is 0.338 e. The number of methoxy groups -OCH3 is 1. The molecule has 0 bridgehead atoms. The Morgan fingerprint density at radius 3 is 2.65 bits per heavy atom. The van der Waals surface area contributed by atoms with E-state index in [2.05, 4.69) is 0 Å². The first kappa shape index (κ1) is 25.1. The number of amidine groups is 1. The fourth-order valence-corrected chi connectivity index (χ4v) is 5.62.